The monoisotopic (exact) mass is 429 g/mol. The molecule has 0 atom stereocenters. The fraction of sp³-hybridized carbons (Fsp3) is 0.429. The Morgan fingerprint density at radius 2 is 2.00 bits per heavy atom. The first-order valence-electron chi connectivity index (χ1n) is 9.78. The zero-order valence-corrected chi connectivity index (χ0v) is 17.8. The van der Waals surface area contributed by atoms with Gasteiger partial charge in [0.25, 0.3) is 0 Å². The van der Waals surface area contributed by atoms with Crippen molar-refractivity contribution in [2.24, 2.45) is 0 Å². The first kappa shape index (κ1) is 21.8. The molecule has 0 unspecified atom stereocenters. The van der Waals surface area contributed by atoms with E-state index in [-0.39, 0.29) is 11.8 Å². The number of hydrogen-bond donors (Lipinski definition) is 1. The highest BCUT2D eigenvalue weighted by atomic mass is 35.5. The van der Waals surface area contributed by atoms with Crippen LogP contribution in [0.4, 0.5) is 5.69 Å². The second-order valence-electron chi connectivity index (χ2n) is 7.31. The number of aromatic nitrogens is 1. The molecule has 8 nitrogen and oxygen atoms in total. The lowest BCUT2D eigenvalue weighted by atomic mass is 10.1. The van der Waals surface area contributed by atoms with Crippen molar-refractivity contribution in [1.29, 1.82) is 5.26 Å². The molecule has 3 rings (SSSR count). The lowest BCUT2D eigenvalue weighted by Gasteiger charge is -2.34. The maximum Gasteiger partial charge on any atom is 0.227 e. The molecular formula is C21H24ClN5O3. The molecule has 0 aliphatic carbocycles. The number of nitrogens with zero attached hydrogens (tertiary/aromatic N) is 4. The van der Waals surface area contributed by atoms with Crippen molar-refractivity contribution in [2.75, 3.05) is 38.0 Å². The quantitative estimate of drug-likeness (QED) is 0.756. The van der Waals surface area contributed by atoms with Crippen LogP contribution in [0.5, 0.6) is 0 Å². The van der Waals surface area contributed by atoms with Gasteiger partial charge < -0.3 is 14.7 Å². The van der Waals surface area contributed by atoms with Gasteiger partial charge in [-0.2, -0.15) is 5.26 Å². The Labute approximate surface area is 180 Å². The first-order chi connectivity index (χ1) is 14.4. The second kappa shape index (κ2) is 9.74. The minimum absolute atomic E-state index is 0.0690. The zero-order valence-electron chi connectivity index (χ0n) is 17.1. The van der Waals surface area contributed by atoms with Crippen LogP contribution in [0.2, 0.25) is 5.02 Å². The van der Waals surface area contributed by atoms with Crippen molar-refractivity contribution in [3.63, 3.8) is 0 Å². The number of amides is 2. The summed E-state index contributed by atoms with van der Waals surface area (Å²) in [7, 11) is 0. The Morgan fingerprint density at radius 1 is 1.27 bits per heavy atom. The Hall–Kier alpha value is -2.89. The summed E-state index contributed by atoms with van der Waals surface area (Å²) in [5.41, 5.74) is 2.56. The molecule has 0 radical (unpaired) electrons. The van der Waals surface area contributed by atoms with Gasteiger partial charge in [0.2, 0.25) is 11.8 Å². The van der Waals surface area contributed by atoms with Crippen LogP contribution in [0.3, 0.4) is 0 Å². The topological polar surface area (TPSA) is 102 Å². The number of halogens is 1. The van der Waals surface area contributed by atoms with Gasteiger partial charge in [-0.1, -0.05) is 16.8 Å². The normalized spacial score (nSPS) is 14.4. The molecule has 2 aromatic rings. The van der Waals surface area contributed by atoms with E-state index in [1.165, 1.54) is 0 Å². The van der Waals surface area contributed by atoms with E-state index in [9.17, 15) is 9.59 Å². The highest BCUT2D eigenvalue weighted by Gasteiger charge is 2.23. The largest absolute Gasteiger partial charge is 0.361 e. The van der Waals surface area contributed by atoms with E-state index in [4.69, 9.17) is 21.4 Å². The summed E-state index contributed by atoms with van der Waals surface area (Å²) in [6, 6.07) is 6.80. The predicted octanol–water partition coefficient (Wildman–Crippen LogP) is 2.53. The van der Waals surface area contributed by atoms with Gasteiger partial charge in [-0.15, -0.1) is 0 Å². The highest BCUT2D eigenvalue weighted by Crippen LogP contribution is 2.20. The highest BCUT2D eigenvalue weighted by molar-refractivity contribution is 6.32. The van der Waals surface area contributed by atoms with Crippen LogP contribution >= 0.6 is 11.6 Å². The maximum atomic E-state index is 12.6. The lowest BCUT2D eigenvalue weighted by molar-refractivity contribution is -0.132. The average molecular weight is 430 g/mol. The molecule has 1 aromatic heterocycles. The standard InChI is InChI=1S/C21H24ClN5O3/c1-14-18(15(2)30-25-14)12-21(29)27-9-7-26(8-10-27)6-5-20(28)24-17-4-3-16(13-23)19(22)11-17/h3-4,11H,5-10,12H2,1-2H3,(H,24,28). The summed E-state index contributed by atoms with van der Waals surface area (Å²) < 4.78 is 5.13. The molecule has 1 N–H and O–H groups in total. The minimum Gasteiger partial charge on any atom is -0.361 e. The molecule has 1 saturated heterocycles. The van der Waals surface area contributed by atoms with E-state index < -0.39 is 0 Å². The number of piperazine rings is 1. The fourth-order valence-electron chi connectivity index (χ4n) is 3.40. The molecule has 1 aliphatic rings. The van der Waals surface area contributed by atoms with Crippen molar-refractivity contribution >= 4 is 29.1 Å². The van der Waals surface area contributed by atoms with Crippen LogP contribution in [0.1, 0.15) is 29.0 Å². The maximum absolute atomic E-state index is 12.6. The van der Waals surface area contributed by atoms with E-state index in [0.717, 1.165) is 24.3 Å². The summed E-state index contributed by atoms with van der Waals surface area (Å²) in [6.45, 7) is 6.99. The first-order valence-corrected chi connectivity index (χ1v) is 10.2. The predicted molar refractivity (Wildman–Crippen MR) is 112 cm³/mol. The van der Waals surface area contributed by atoms with Gasteiger partial charge in [0.15, 0.2) is 0 Å². The Kier molecular flexibility index (Phi) is 7.08. The SMILES string of the molecule is Cc1noc(C)c1CC(=O)N1CCN(CCC(=O)Nc2ccc(C#N)c(Cl)c2)CC1. The number of anilines is 1. The van der Waals surface area contributed by atoms with Gasteiger partial charge in [0.1, 0.15) is 11.8 Å². The molecule has 158 valence electrons. The molecular weight excluding hydrogens is 406 g/mol. The lowest BCUT2D eigenvalue weighted by Crippen LogP contribution is -2.49. The summed E-state index contributed by atoms with van der Waals surface area (Å²) in [4.78, 5) is 28.8. The van der Waals surface area contributed by atoms with Crippen molar-refractivity contribution in [3.8, 4) is 6.07 Å². The fourth-order valence-corrected chi connectivity index (χ4v) is 3.63. The summed E-state index contributed by atoms with van der Waals surface area (Å²) >= 11 is 5.99. The van der Waals surface area contributed by atoms with E-state index in [0.29, 0.717) is 54.5 Å². The second-order valence-corrected chi connectivity index (χ2v) is 7.71. The molecule has 0 saturated carbocycles. The third-order valence-electron chi connectivity index (χ3n) is 5.26. The summed E-state index contributed by atoms with van der Waals surface area (Å²) in [6.07, 6.45) is 0.640. The molecule has 1 fully saturated rings. The van der Waals surface area contributed by atoms with Gasteiger partial charge in [0.05, 0.1) is 22.7 Å². The molecule has 1 aromatic carbocycles. The molecule has 9 heteroatoms. The summed E-state index contributed by atoms with van der Waals surface area (Å²) in [5, 5.41) is 15.9. The van der Waals surface area contributed by atoms with Crippen molar-refractivity contribution < 1.29 is 14.1 Å². The zero-order chi connectivity index (χ0) is 21.7. The van der Waals surface area contributed by atoms with E-state index >= 15 is 0 Å². The number of aryl methyl sites for hydroxylation is 2. The van der Waals surface area contributed by atoms with Crippen LogP contribution in [0.25, 0.3) is 0 Å². The number of benzene rings is 1. The van der Waals surface area contributed by atoms with Crippen molar-refractivity contribution in [2.45, 2.75) is 26.7 Å². The summed E-state index contributed by atoms with van der Waals surface area (Å²) in [5.74, 6) is 0.640. The molecule has 2 heterocycles. The average Bonchev–Trinajstić information content (AvgIpc) is 3.05. The third kappa shape index (κ3) is 5.38. The van der Waals surface area contributed by atoms with Crippen molar-refractivity contribution in [3.05, 3.63) is 45.8 Å². The van der Waals surface area contributed by atoms with Crippen LogP contribution < -0.4 is 5.32 Å². The van der Waals surface area contributed by atoms with Gasteiger partial charge >= 0.3 is 0 Å². The van der Waals surface area contributed by atoms with Crippen LogP contribution in [-0.4, -0.2) is 59.5 Å². The van der Waals surface area contributed by atoms with Crippen LogP contribution in [0.15, 0.2) is 22.7 Å². The Balaban J connectivity index is 1.41. The third-order valence-corrected chi connectivity index (χ3v) is 5.58. The number of hydrogen-bond acceptors (Lipinski definition) is 6. The van der Waals surface area contributed by atoms with Gasteiger partial charge in [-0.05, 0) is 32.0 Å². The Bertz CT molecular complexity index is 954. The number of rotatable bonds is 6. The van der Waals surface area contributed by atoms with Crippen LogP contribution in [-0.2, 0) is 16.0 Å². The van der Waals surface area contributed by atoms with Gasteiger partial charge in [-0.25, -0.2) is 0 Å². The number of nitriles is 1. The van der Waals surface area contributed by atoms with Crippen molar-refractivity contribution in [1.82, 2.24) is 15.0 Å². The number of carbonyl (C=O) groups excluding carboxylic acids is 2. The van der Waals surface area contributed by atoms with E-state index in [1.54, 1.807) is 18.2 Å². The Morgan fingerprint density at radius 3 is 2.60 bits per heavy atom. The van der Waals surface area contributed by atoms with Gasteiger partial charge in [0, 0.05) is 50.4 Å². The number of nitrogens with one attached hydrogen (secondary N) is 1. The van der Waals surface area contributed by atoms with Gasteiger partial charge in [-0.3, -0.25) is 14.5 Å². The molecule has 1 aliphatic heterocycles. The molecule has 0 spiro atoms. The van der Waals surface area contributed by atoms with E-state index in [1.807, 2.05) is 24.8 Å². The smallest absolute Gasteiger partial charge is 0.227 e. The molecule has 0 bridgehead atoms. The minimum atomic E-state index is -0.118. The number of carbonyl (C=O) groups is 2. The molecule has 30 heavy (non-hydrogen) atoms. The molecule has 2 amide bonds. The van der Waals surface area contributed by atoms with Crippen LogP contribution in [0, 0.1) is 25.2 Å². The van der Waals surface area contributed by atoms with E-state index in [2.05, 4.69) is 15.4 Å².